The van der Waals surface area contributed by atoms with E-state index in [9.17, 15) is 0 Å². The Balaban J connectivity index is 1.77. The van der Waals surface area contributed by atoms with Crippen molar-refractivity contribution in [3.05, 3.63) is 48.2 Å². The van der Waals surface area contributed by atoms with Gasteiger partial charge in [-0.3, -0.25) is 0 Å². The molecule has 0 radical (unpaired) electrons. The predicted octanol–water partition coefficient (Wildman–Crippen LogP) is 4.24. The molecule has 3 aromatic rings. The van der Waals surface area contributed by atoms with Crippen LogP contribution in [0.2, 0.25) is 0 Å². The molecular weight excluding hydrogens is 316 g/mol. The lowest BCUT2D eigenvalue weighted by Crippen LogP contribution is -2.03. The van der Waals surface area contributed by atoms with E-state index in [1.54, 1.807) is 21.3 Å². The number of benzene rings is 2. The van der Waals surface area contributed by atoms with E-state index in [4.69, 9.17) is 14.2 Å². The van der Waals surface area contributed by atoms with Gasteiger partial charge in [0.25, 0.3) is 0 Å². The van der Waals surface area contributed by atoms with Gasteiger partial charge in [-0.1, -0.05) is 18.2 Å². The summed E-state index contributed by atoms with van der Waals surface area (Å²) in [4.78, 5) is 3.45. The molecule has 2 N–H and O–H groups in total. The Hall–Kier alpha value is -2.82. The molecule has 0 fully saturated rings. The number of aromatic nitrogens is 1. The second-order valence-electron chi connectivity index (χ2n) is 5.76. The number of ether oxygens (including phenoxy) is 3. The highest BCUT2D eigenvalue weighted by atomic mass is 16.5. The highest BCUT2D eigenvalue weighted by Gasteiger charge is 2.19. The highest BCUT2D eigenvalue weighted by Crippen LogP contribution is 2.42. The summed E-state index contributed by atoms with van der Waals surface area (Å²) in [5.74, 6) is 2.22. The summed E-state index contributed by atoms with van der Waals surface area (Å²) >= 11 is 0. The molecule has 5 nitrogen and oxygen atoms in total. The Morgan fingerprint density at radius 1 is 0.880 bits per heavy atom. The number of anilines is 1. The van der Waals surface area contributed by atoms with Crippen LogP contribution in [-0.4, -0.2) is 32.9 Å². The van der Waals surface area contributed by atoms with Crippen molar-refractivity contribution in [2.24, 2.45) is 0 Å². The molecule has 1 heterocycles. The van der Waals surface area contributed by atoms with E-state index in [2.05, 4.69) is 22.4 Å². The number of nitrogens with one attached hydrogen (secondary N) is 2. The van der Waals surface area contributed by atoms with Crippen LogP contribution in [0.3, 0.4) is 0 Å². The Bertz CT molecular complexity index is 828. The molecule has 0 spiro atoms. The quantitative estimate of drug-likeness (QED) is 0.602. The van der Waals surface area contributed by atoms with Gasteiger partial charge in [-0.15, -0.1) is 0 Å². The van der Waals surface area contributed by atoms with Crippen LogP contribution in [0.15, 0.2) is 42.5 Å². The van der Waals surface area contributed by atoms with Crippen molar-refractivity contribution < 1.29 is 14.2 Å². The van der Waals surface area contributed by atoms with Crippen LogP contribution in [0.1, 0.15) is 12.1 Å². The standard InChI is InChI=1S/C20H24N2O3/c1-23-17-12-11-15-18(20(17)25-3)19(24-2)16(22-15)10-7-13-21-14-8-5-4-6-9-14/h4-6,8-9,11-12,21-22H,7,10,13H2,1-3H3. The summed E-state index contributed by atoms with van der Waals surface area (Å²) < 4.78 is 16.6. The number of hydrogen-bond donors (Lipinski definition) is 2. The van der Waals surface area contributed by atoms with E-state index in [0.29, 0.717) is 11.5 Å². The zero-order valence-electron chi connectivity index (χ0n) is 14.9. The van der Waals surface area contributed by atoms with Crippen molar-refractivity contribution in [3.8, 4) is 17.2 Å². The smallest absolute Gasteiger partial charge is 0.173 e. The molecular formula is C20H24N2O3. The fourth-order valence-electron chi connectivity index (χ4n) is 3.08. The Labute approximate surface area is 147 Å². The van der Waals surface area contributed by atoms with Gasteiger partial charge in [0, 0.05) is 12.2 Å². The topological polar surface area (TPSA) is 55.5 Å². The third-order valence-electron chi connectivity index (χ3n) is 4.24. The fourth-order valence-corrected chi connectivity index (χ4v) is 3.08. The summed E-state index contributed by atoms with van der Waals surface area (Å²) in [7, 11) is 4.97. The fraction of sp³-hybridized carbons (Fsp3) is 0.300. The number of rotatable bonds is 8. The van der Waals surface area contributed by atoms with E-state index in [1.807, 2.05) is 30.3 Å². The first-order valence-corrected chi connectivity index (χ1v) is 8.37. The molecule has 0 amide bonds. The van der Waals surface area contributed by atoms with Gasteiger partial charge in [0.05, 0.1) is 37.9 Å². The summed E-state index contributed by atoms with van der Waals surface area (Å²) in [5.41, 5.74) is 3.19. The molecule has 0 unspecified atom stereocenters. The molecule has 0 atom stereocenters. The normalized spacial score (nSPS) is 10.7. The van der Waals surface area contributed by atoms with Crippen LogP contribution in [0.25, 0.3) is 10.9 Å². The number of methoxy groups -OCH3 is 3. The van der Waals surface area contributed by atoms with Gasteiger partial charge in [-0.2, -0.15) is 0 Å². The SMILES string of the molecule is COc1ccc2[nH]c(CCCNc3ccccc3)c(OC)c2c1OC. The monoisotopic (exact) mass is 340 g/mol. The second kappa shape index (κ2) is 7.83. The molecule has 0 aliphatic rings. The van der Waals surface area contributed by atoms with Crippen LogP contribution in [0.4, 0.5) is 5.69 Å². The van der Waals surface area contributed by atoms with E-state index in [1.165, 1.54) is 0 Å². The molecule has 3 rings (SSSR count). The lowest BCUT2D eigenvalue weighted by Gasteiger charge is -2.10. The van der Waals surface area contributed by atoms with Crippen molar-refractivity contribution in [1.82, 2.24) is 4.98 Å². The maximum atomic E-state index is 5.67. The Morgan fingerprint density at radius 3 is 2.32 bits per heavy atom. The van der Waals surface area contributed by atoms with Gasteiger partial charge in [0.1, 0.15) is 0 Å². The summed E-state index contributed by atoms with van der Waals surface area (Å²) in [6.07, 6.45) is 1.86. The van der Waals surface area contributed by atoms with E-state index in [0.717, 1.165) is 47.4 Å². The van der Waals surface area contributed by atoms with Crippen LogP contribution in [0.5, 0.6) is 17.2 Å². The first-order chi connectivity index (χ1) is 12.3. The molecule has 0 aliphatic heterocycles. The van der Waals surface area contributed by atoms with Gasteiger partial charge >= 0.3 is 0 Å². The van der Waals surface area contributed by atoms with Crippen LogP contribution < -0.4 is 19.5 Å². The molecule has 0 saturated heterocycles. The maximum Gasteiger partial charge on any atom is 0.173 e. The van der Waals surface area contributed by atoms with Crippen molar-refractivity contribution >= 4 is 16.6 Å². The second-order valence-corrected chi connectivity index (χ2v) is 5.76. The molecule has 0 bridgehead atoms. The maximum absolute atomic E-state index is 5.67. The Kier molecular flexibility index (Phi) is 5.33. The Morgan fingerprint density at radius 2 is 1.64 bits per heavy atom. The van der Waals surface area contributed by atoms with Crippen LogP contribution in [-0.2, 0) is 6.42 Å². The summed E-state index contributed by atoms with van der Waals surface area (Å²) in [6.45, 7) is 0.892. The van der Waals surface area contributed by atoms with Gasteiger partial charge in [0.15, 0.2) is 17.2 Å². The average molecular weight is 340 g/mol. The van der Waals surface area contributed by atoms with Gasteiger partial charge in [-0.05, 0) is 37.1 Å². The van der Waals surface area contributed by atoms with E-state index in [-0.39, 0.29) is 0 Å². The average Bonchev–Trinajstić information content (AvgIpc) is 3.02. The molecule has 0 saturated carbocycles. The third kappa shape index (κ3) is 3.50. The van der Waals surface area contributed by atoms with E-state index >= 15 is 0 Å². The predicted molar refractivity (Wildman–Crippen MR) is 101 cm³/mol. The molecule has 132 valence electrons. The minimum absolute atomic E-state index is 0.696. The van der Waals surface area contributed by atoms with Gasteiger partial charge in [-0.25, -0.2) is 0 Å². The van der Waals surface area contributed by atoms with Crippen molar-refractivity contribution in [2.75, 3.05) is 33.2 Å². The van der Waals surface area contributed by atoms with Crippen molar-refractivity contribution in [3.63, 3.8) is 0 Å². The van der Waals surface area contributed by atoms with Gasteiger partial charge < -0.3 is 24.5 Å². The summed E-state index contributed by atoms with van der Waals surface area (Å²) in [5, 5.41) is 4.35. The molecule has 1 aromatic heterocycles. The number of hydrogen-bond acceptors (Lipinski definition) is 4. The number of para-hydroxylation sites is 1. The first-order valence-electron chi connectivity index (χ1n) is 8.37. The first kappa shape index (κ1) is 17.0. The third-order valence-corrected chi connectivity index (χ3v) is 4.24. The van der Waals surface area contributed by atoms with E-state index < -0.39 is 0 Å². The molecule has 25 heavy (non-hydrogen) atoms. The zero-order valence-corrected chi connectivity index (χ0v) is 14.9. The number of fused-ring (bicyclic) bond motifs is 1. The summed E-state index contributed by atoms with van der Waals surface area (Å²) in [6, 6.07) is 14.1. The molecule has 0 aliphatic carbocycles. The minimum Gasteiger partial charge on any atom is -0.494 e. The zero-order chi connectivity index (χ0) is 17.6. The van der Waals surface area contributed by atoms with Crippen LogP contribution >= 0.6 is 0 Å². The molecule has 2 aromatic carbocycles. The lowest BCUT2D eigenvalue weighted by molar-refractivity contribution is 0.356. The minimum atomic E-state index is 0.696. The number of aromatic amines is 1. The number of H-pyrrole nitrogens is 1. The number of aryl methyl sites for hydroxylation is 1. The largest absolute Gasteiger partial charge is 0.494 e. The highest BCUT2D eigenvalue weighted by molar-refractivity contribution is 5.95. The van der Waals surface area contributed by atoms with Crippen LogP contribution in [0, 0.1) is 0 Å². The molecule has 5 heteroatoms. The van der Waals surface area contributed by atoms with Crippen molar-refractivity contribution in [1.29, 1.82) is 0 Å². The van der Waals surface area contributed by atoms with Crippen molar-refractivity contribution in [2.45, 2.75) is 12.8 Å². The van der Waals surface area contributed by atoms with Gasteiger partial charge in [0.2, 0.25) is 0 Å². The lowest BCUT2D eigenvalue weighted by atomic mass is 10.1.